The van der Waals surface area contributed by atoms with E-state index in [1.807, 2.05) is 66.0 Å². The van der Waals surface area contributed by atoms with Crippen molar-refractivity contribution in [2.45, 2.75) is 26.4 Å². The van der Waals surface area contributed by atoms with Crippen LogP contribution in [0.15, 0.2) is 42.5 Å². The van der Waals surface area contributed by atoms with Crippen molar-refractivity contribution in [2.75, 3.05) is 13.4 Å². The molecule has 7 nitrogen and oxygen atoms in total. The van der Waals surface area contributed by atoms with E-state index in [1.54, 1.807) is 0 Å². The number of rotatable bonds is 5. The summed E-state index contributed by atoms with van der Waals surface area (Å²) in [5.41, 5.74) is 4.64. The molecule has 7 heteroatoms. The Morgan fingerprint density at radius 2 is 1.87 bits per heavy atom. The molecule has 0 aliphatic carbocycles. The van der Waals surface area contributed by atoms with Crippen molar-refractivity contribution >= 4 is 5.91 Å². The third kappa shape index (κ3) is 3.47. The molecule has 2 aliphatic rings. The summed E-state index contributed by atoms with van der Waals surface area (Å²) in [4.78, 5) is 15.3. The molecule has 154 valence electrons. The average molecular weight is 405 g/mol. The number of nitrogens with zero attached hydrogens (tertiary/aromatic N) is 3. The molecule has 1 amide bonds. The highest BCUT2D eigenvalue weighted by Gasteiger charge is 2.22. The smallest absolute Gasteiger partial charge is 0.254 e. The van der Waals surface area contributed by atoms with Crippen molar-refractivity contribution in [3.8, 4) is 17.2 Å². The van der Waals surface area contributed by atoms with E-state index in [-0.39, 0.29) is 12.7 Å². The van der Waals surface area contributed by atoms with Crippen LogP contribution in [0.25, 0.3) is 0 Å². The van der Waals surface area contributed by atoms with Gasteiger partial charge >= 0.3 is 0 Å². The van der Waals surface area contributed by atoms with Gasteiger partial charge in [0.1, 0.15) is 5.75 Å². The molecule has 1 aromatic heterocycles. The summed E-state index contributed by atoms with van der Waals surface area (Å²) in [7, 11) is 1.90. The second-order valence-electron chi connectivity index (χ2n) is 7.67. The van der Waals surface area contributed by atoms with Crippen LogP contribution >= 0.6 is 0 Å². The number of aromatic nitrogens is 2. The SMILES string of the molecule is Cc1cc(CN(Cc2ccc3c(c2)OCO3)C(=O)c2ccc3c(c2)CCO3)n(C)n1. The molecule has 2 aliphatic heterocycles. The number of ether oxygens (including phenoxy) is 3. The number of hydrogen-bond acceptors (Lipinski definition) is 5. The molecule has 0 saturated heterocycles. The van der Waals surface area contributed by atoms with E-state index in [4.69, 9.17) is 14.2 Å². The zero-order valence-corrected chi connectivity index (χ0v) is 17.1. The molecule has 0 radical (unpaired) electrons. The summed E-state index contributed by atoms with van der Waals surface area (Å²) in [6.07, 6.45) is 0.833. The van der Waals surface area contributed by atoms with Gasteiger partial charge in [-0.2, -0.15) is 5.10 Å². The van der Waals surface area contributed by atoms with Crippen LogP contribution in [-0.4, -0.2) is 34.0 Å². The van der Waals surface area contributed by atoms with Crippen molar-refractivity contribution in [3.05, 3.63) is 70.5 Å². The fraction of sp³-hybridized carbons (Fsp3) is 0.304. The zero-order valence-electron chi connectivity index (χ0n) is 17.1. The first kappa shape index (κ1) is 18.5. The molecule has 0 bridgehead atoms. The molecule has 30 heavy (non-hydrogen) atoms. The van der Waals surface area contributed by atoms with Crippen molar-refractivity contribution in [1.82, 2.24) is 14.7 Å². The van der Waals surface area contributed by atoms with Gasteiger partial charge in [-0.05, 0) is 54.4 Å². The molecular formula is C23H23N3O4. The van der Waals surface area contributed by atoms with Crippen LogP contribution in [0.3, 0.4) is 0 Å². The van der Waals surface area contributed by atoms with Gasteiger partial charge in [0.2, 0.25) is 6.79 Å². The molecule has 0 saturated carbocycles. The molecular weight excluding hydrogens is 382 g/mol. The van der Waals surface area contributed by atoms with Gasteiger partial charge in [-0.25, -0.2) is 0 Å². The third-order valence-corrected chi connectivity index (χ3v) is 5.49. The summed E-state index contributed by atoms with van der Waals surface area (Å²) in [6, 6.07) is 13.5. The number of benzene rings is 2. The Morgan fingerprint density at radius 1 is 1.03 bits per heavy atom. The first-order valence-electron chi connectivity index (χ1n) is 10.00. The molecule has 0 atom stereocenters. The normalized spacial score (nSPS) is 13.8. The Labute approximate surface area is 174 Å². The first-order chi connectivity index (χ1) is 14.6. The van der Waals surface area contributed by atoms with Gasteiger partial charge in [0.25, 0.3) is 5.91 Å². The van der Waals surface area contributed by atoms with Gasteiger partial charge in [0, 0.05) is 25.6 Å². The molecule has 2 aromatic carbocycles. The number of carbonyl (C=O) groups excluding carboxylic acids is 1. The highest BCUT2D eigenvalue weighted by molar-refractivity contribution is 5.94. The van der Waals surface area contributed by atoms with Crippen molar-refractivity contribution < 1.29 is 19.0 Å². The Morgan fingerprint density at radius 3 is 2.70 bits per heavy atom. The summed E-state index contributed by atoms with van der Waals surface area (Å²) in [6.45, 7) is 3.76. The molecule has 0 N–H and O–H groups in total. The van der Waals surface area contributed by atoms with Crippen LogP contribution in [0.4, 0.5) is 0 Å². The predicted octanol–water partition coefficient (Wildman–Crippen LogP) is 3.23. The van der Waals surface area contributed by atoms with Crippen LogP contribution in [0, 0.1) is 6.92 Å². The second-order valence-corrected chi connectivity index (χ2v) is 7.67. The number of amides is 1. The topological polar surface area (TPSA) is 65.8 Å². The highest BCUT2D eigenvalue weighted by Crippen LogP contribution is 2.33. The van der Waals surface area contributed by atoms with Gasteiger partial charge in [0.05, 0.1) is 24.5 Å². The van der Waals surface area contributed by atoms with Gasteiger partial charge in [-0.15, -0.1) is 0 Å². The Kier molecular flexibility index (Phi) is 4.58. The lowest BCUT2D eigenvalue weighted by Crippen LogP contribution is -2.31. The van der Waals surface area contributed by atoms with E-state index in [9.17, 15) is 4.79 Å². The van der Waals surface area contributed by atoms with Gasteiger partial charge in [-0.3, -0.25) is 9.48 Å². The molecule has 5 rings (SSSR count). The molecule has 0 unspecified atom stereocenters. The maximum atomic E-state index is 13.5. The van der Waals surface area contributed by atoms with Crippen LogP contribution in [-0.2, 0) is 26.6 Å². The third-order valence-electron chi connectivity index (χ3n) is 5.49. The summed E-state index contributed by atoms with van der Waals surface area (Å²) in [5.74, 6) is 2.29. The minimum atomic E-state index is -0.0266. The van der Waals surface area contributed by atoms with Crippen molar-refractivity contribution in [2.24, 2.45) is 7.05 Å². The standard InChI is InChI=1S/C23H23N3O4/c1-15-9-19(25(2)24-15)13-26(12-16-3-5-21-22(10-16)30-14-29-21)23(27)18-4-6-20-17(11-18)7-8-28-20/h3-6,9-11H,7-8,12-14H2,1-2H3. The second kappa shape index (κ2) is 7.40. The van der Waals surface area contributed by atoms with E-state index in [0.29, 0.717) is 31.0 Å². The lowest BCUT2D eigenvalue weighted by atomic mass is 10.1. The number of hydrogen-bond donors (Lipinski definition) is 0. The lowest BCUT2D eigenvalue weighted by Gasteiger charge is -2.23. The van der Waals surface area contributed by atoms with Crippen LogP contribution in [0.1, 0.15) is 32.9 Å². The Hall–Kier alpha value is -3.48. The number of aryl methyl sites for hydroxylation is 2. The van der Waals surface area contributed by atoms with E-state index in [1.165, 1.54) is 0 Å². The van der Waals surface area contributed by atoms with Crippen LogP contribution in [0.5, 0.6) is 17.2 Å². The maximum absolute atomic E-state index is 13.5. The fourth-order valence-electron chi connectivity index (χ4n) is 3.97. The molecule has 0 spiro atoms. The Bertz CT molecular complexity index is 1120. The Balaban J connectivity index is 1.45. The predicted molar refractivity (Wildman–Crippen MR) is 110 cm³/mol. The average Bonchev–Trinajstić information content (AvgIpc) is 3.46. The summed E-state index contributed by atoms with van der Waals surface area (Å²) >= 11 is 0. The molecule has 3 heterocycles. The van der Waals surface area contributed by atoms with E-state index < -0.39 is 0 Å². The lowest BCUT2D eigenvalue weighted by molar-refractivity contribution is 0.0725. The minimum Gasteiger partial charge on any atom is -0.493 e. The monoisotopic (exact) mass is 405 g/mol. The molecule has 0 fully saturated rings. The quantitative estimate of drug-likeness (QED) is 0.652. The van der Waals surface area contributed by atoms with Crippen molar-refractivity contribution in [3.63, 3.8) is 0 Å². The van der Waals surface area contributed by atoms with Gasteiger partial charge < -0.3 is 19.1 Å². The van der Waals surface area contributed by atoms with Crippen LogP contribution in [0.2, 0.25) is 0 Å². The van der Waals surface area contributed by atoms with Gasteiger partial charge in [0.15, 0.2) is 11.5 Å². The van der Waals surface area contributed by atoms with Crippen molar-refractivity contribution in [1.29, 1.82) is 0 Å². The first-order valence-corrected chi connectivity index (χ1v) is 10.00. The van der Waals surface area contributed by atoms with E-state index in [0.717, 1.165) is 40.4 Å². The van der Waals surface area contributed by atoms with Gasteiger partial charge in [-0.1, -0.05) is 6.07 Å². The molecule has 3 aromatic rings. The summed E-state index contributed by atoms with van der Waals surface area (Å²) < 4.78 is 18.3. The van der Waals surface area contributed by atoms with Crippen LogP contribution < -0.4 is 14.2 Å². The highest BCUT2D eigenvalue weighted by atomic mass is 16.7. The number of carbonyl (C=O) groups is 1. The fourth-order valence-corrected chi connectivity index (χ4v) is 3.97. The maximum Gasteiger partial charge on any atom is 0.254 e. The van der Waals surface area contributed by atoms with E-state index >= 15 is 0 Å². The number of fused-ring (bicyclic) bond motifs is 2. The zero-order chi connectivity index (χ0) is 20.7. The van der Waals surface area contributed by atoms with E-state index in [2.05, 4.69) is 5.10 Å². The summed E-state index contributed by atoms with van der Waals surface area (Å²) in [5, 5.41) is 4.42. The minimum absolute atomic E-state index is 0.0266. The largest absolute Gasteiger partial charge is 0.493 e.